The van der Waals surface area contributed by atoms with Gasteiger partial charge < -0.3 is 0 Å². The normalized spacial score (nSPS) is 17.0. The van der Waals surface area contributed by atoms with Crippen LogP contribution in [0.25, 0.3) is 27.3 Å². The maximum Gasteiger partial charge on any atom is 0.0352 e. The van der Waals surface area contributed by atoms with Gasteiger partial charge in [-0.2, -0.15) is 0 Å². The van der Waals surface area contributed by atoms with Gasteiger partial charge in [-0.25, -0.2) is 0 Å². The van der Waals surface area contributed by atoms with E-state index in [-0.39, 0.29) is 5.41 Å². The van der Waals surface area contributed by atoms with E-state index in [4.69, 9.17) is 0 Å². The van der Waals surface area contributed by atoms with Crippen molar-refractivity contribution in [2.45, 2.75) is 25.7 Å². The van der Waals surface area contributed by atoms with E-state index < -0.39 is 0 Å². The van der Waals surface area contributed by atoms with E-state index in [0.29, 0.717) is 0 Å². The lowest BCUT2D eigenvalue weighted by molar-refractivity contribution is 0.645. The lowest BCUT2D eigenvalue weighted by Crippen LogP contribution is -2.23. The summed E-state index contributed by atoms with van der Waals surface area (Å²) in [5, 5.41) is 3.82. The quantitative estimate of drug-likeness (QED) is 0.492. The SMILES string of the molecule is CC1(C)c2cc3c(cc2-c2csc4cccc1c24)CC=C3. The molecule has 1 heterocycles. The van der Waals surface area contributed by atoms with Crippen molar-refractivity contribution in [1.29, 1.82) is 0 Å². The molecule has 0 radical (unpaired) electrons. The van der Waals surface area contributed by atoms with Crippen molar-refractivity contribution in [3.05, 3.63) is 64.0 Å². The van der Waals surface area contributed by atoms with Crippen LogP contribution >= 0.6 is 11.3 Å². The first-order chi connectivity index (χ1) is 10.2. The van der Waals surface area contributed by atoms with Crippen molar-refractivity contribution >= 4 is 27.5 Å². The highest BCUT2D eigenvalue weighted by Gasteiger charge is 2.34. The highest BCUT2D eigenvalue weighted by Crippen LogP contribution is 2.51. The predicted molar refractivity (Wildman–Crippen MR) is 92.1 cm³/mol. The second-order valence-electron chi connectivity index (χ2n) is 6.66. The minimum Gasteiger partial charge on any atom is -0.143 e. The van der Waals surface area contributed by atoms with E-state index in [1.807, 2.05) is 11.3 Å². The zero-order valence-electron chi connectivity index (χ0n) is 12.2. The summed E-state index contributed by atoms with van der Waals surface area (Å²) in [6.45, 7) is 4.73. The second-order valence-corrected chi connectivity index (χ2v) is 7.57. The Morgan fingerprint density at radius 1 is 1.05 bits per heavy atom. The summed E-state index contributed by atoms with van der Waals surface area (Å²) in [5.74, 6) is 0. The Kier molecular flexibility index (Phi) is 2.05. The second kappa shape index (κ2) is 3.66. The van der Waals surface area contributed by atoms with E-state index in [9.17, 15) is 0 Å². The van der Waals surface area contributed by atoms with Crippen molar-refractivity contribution in [2.24, 2.45) is 0 Å². The fourth-order valence-corrected chi connectivity index (χ4v) is 4.98. The Bertz CT molecular complexity index is 938. The molecule has 1 heteroatoms. The van der Waals surface area contributed by atoms with Crippen molar-refractivity contribution < 1.29 is 0 Å². The Morgan fingerprint density at radius 3 is 2.86 bits per heavy atom. The molecule has 5 rings (SSSR count). The molecule has 1 aromatic heterocycles. The summed E-state index contributed by atoms with van der Waals surface area (Å²) in [6.07, 6.45) is 5.63. The molecule has 2 aliphatic rings. The van der Waals surface area contributed by atoms with Gasteiger partial charge in [0.2, 0.25) is 0 Å². The molecule has 0 spiro atoms. The average molecular weight is 288 g/mol. The predicted octanol–water partition coefficient (Wildman–Crippen LogP) is 5.78. The molecule has 0 amide bonds. The van der Waals surface area contributed by atoms with E-state index in [1.165, 1.54) is 43.5 Å². The monoisotopic (exact) mass is 288 g/mol. The van der Waals surface area contributed by atoms with Gasteiger partial charge in [-0.05, 0) is 57.8 Å². The van der Waals surface area contributed by atoms with Crippen LogP contribution in [0, 0.1) is 0 Å². The fourth-order valence-electron chi connectivity index (χ4n) is 4.00. The molecule has 0 unspecified atom stereocenters. The van der Waals surface area contributed by atoms with E-state index in [0.717, 1.165) is 6.42 Å². The van der Waals surface area contributed by atoms with Crippen LogP contribution in [0.15, 0.2) is 41.8 Å². The molecular formula is C20H16S. The Balaban J connectivity index is 1.98. The maximum atomic E-state index is 2.43. The molecule has 2 aromatic carbocycles. The van der Waals surface area contributed by atoms with Gasteiger partial charge in [0.25, 0.3) is 0 Å². The zero-order chi connectivity index (χ0) is 14.2. The van der Waals surface area contributed by atoms with Gasteiger partial charge in [-0.1, -0.05) is 38.1 Å². The summed E-state index contributed by atoms with van der Waals surface area (Å²) in [7, 11) is 0. The van der Waals surface area contributed by atoms with Crippen LogP contribution in [0.2, 0.25) is 0 Å². The third kappa shape index (κ3) is 1.35. The van der Waals surface area contributed by atoms with Crippen LogP contribution in [0.4, 0.5) is 0 Å². The summed E-state index contributed by atoms with van der Waals surface area (Å²) in [5.41, 5.74) is 8.81. The van der Waals surface area contributed by atoms with Crippen molar-refractivity contribution in [1.82, 2.24) is 0 Å². The van der Waals surface area contributed by atoms with Crippen LogP contribution in [0.1, 0.15) is 36.1 Å². The molecule has 2 aliphatic carbocycles. The van der Waals surface area contributed by atoms with Crippen molar-refractivity contribution in [3.8, 4) is 11.1 Å². The standard InChI is InChI=1S/C20H16S/c1-20(2)16-7-4-8-18-19(16)15(11-21-18)14-9-12-5-3-6-13(12)10-17(14)20/h3-4,6-11H,5H2,1-2H3. The Hall–Kier alpha value is -1.86. The van der Waals surface area contributed by atoms with Gasteiger partial charge in [0.05, 0.1) is 0 Å². The summed E-state index contributed by atoms with van der Waals surface area (Å²) in [6, 6.07) is 11.6. The Labute approximate surface area is 128 Å². The van der Waals surface area contributed by atoms with E-state index >= 15 is 0 Å². The number of hydrogen-bond donors (Lipinski definition) is 0. The summed E-state index contributed by atoms with van der Waals surface area (Å²) in [4.78, 5) is 0. The number of hydrogen-bond acceptors (Lipinski definition) is 1. The third-order valence-electron chi connectivity index (χ3n) is 5.15. The molecule has 21 heavy (non-hydrogen) atoms. The first-order valence-corrected chi connectivity index (χ1v) is 8.39. The number of benzene rings is 2. The molecule has 0 atom stereocenters. The van der Waals surface area contributed by atoms with Crippen LogP contribution in [-0.4, -0.2) is 0 Å². The first-order valence-electron chi connectivity index (χ1n) is 7.51. The van der Waals surface area contributed by atoms with Crippen molar-refractivity contribution in [2.75, 3.05) is 0 Å². The van der Waals surface area contributed by atoms with Gasteiger partial charge in [-0.3, -0.25) is 0 Å². The van der Waals surface area contributed by atoms with Gasteiger partial charge in [-0.15, -0.1) is 11.3 Å². The van der Waals surface area contributed by atoms with Crippen LogP contribution in [0.3, 0.4) is 0 Å². The highest BCUT2D eigenvalue weighted by molar-refractivity contribution is 7.17. The van der Waals surface area contributed by atoms with Crippen LogP contribution < -0.4 is 0 Å². The van der Waals surface area contributed by atoms with Gasteiger partial charge in [0.15, 0.2) is 0 Å². The zero-order valence-corrected chi connectivity index (χ0v) is 13.1. The topological polar surface area (TPSA) is 0 Å². The highest BCUT2D eigenvalue weighted by atomic mass is 32.1. The van der Waals surface area contributed by atoms with Crippen molar-refractivity contribution in [3.63, 3.8) is 0 Å². The van der Waals surface area contributed by atoms with E-state index in [2.05, 4.69) is 61.7 Å². The molecule has 0 bridgehead atoms. The third-order valence-corrected chi connectivity index (χ3v) is 6.10. The average Bonchev–Trinajstić information content (AvgIpc) is 3.10. The van der Waals surface area contributed by atoms with Gasteiger partial charge >= 0.3 is 0 Å². The lowest BCUT2D eigenvalue weighted by atomic mass is 9.69. The molecule has 0 nitrogen and oxygen atoms in total. The Morgan fingerprint density at radius 2 is 1.95 bits per heavy atom. The minimum absolute atomic E-state index is 0.0778. The van der Waals surface area contributed by atoms with Gasteiger partial charge in [0, 0.05) is 21.1 Å². The first kappa shape index (κ1) is 11.8. The summed E-state index contributed by atoms with van der Waals surface area (Å²) >= 11 is 1.87. The maximum absolute atomic E-state index is 2.43. The molecular weight excluding hydrogens is 272 g/mol. The molecule has 3 aromatic rings. The summed E-state index contributed by atoms with van der Waals surface area (Å²) < 4.78 is 1.42. The van der Waals surface area contributed by atoms with Gasteiger partial charge in [0.1, 0.15) is 0 Å². The largest absolute Gasteiger partial charge is 0.143 e. The van der Waals surface area contributed by atoms with E-state index in [1.54, 1.807) is 0 Å². The van der Waals surface area contributed by atoms with Crippen LogP contribution in [0.5, 0.6) is 0 Å². The fraction of sp³-hybridized carbons (Fsp3) is 0.200. The number of rotatable bonds is 0. The number of fused-ring (bicyclic) bond motifs is 3. The molecule has 0 N–H and O–H groups in total. The molecule has 102 valence electrons. The molecule has 0 saturated carbocycles. The van der Waals surface area contributed by atoms with Crippen LogP contribution in [-0.2, 0) is 11.8 Å². The molecule has 0 fully saturated rings. The minimum atomic E-state index is 0.0778. The molecule has 0 aliphatic heterocycles. The lowest BCUT2D eigenvalue weighted by Gasteiger charge is -2.34. The smallest absolute Gasteiger partial charge is 0.0352 e. The molecule has 0 saturated heterocycles. The number of allylic oxidation sites excluding steroid dienone is 1. The number of thiophene rings is 1.